The standard InChI is InChI=1S/C32H33N3O2/c1-5-7-12-20-35-22(4)29(24-15-9-11-18-27(24)35)32(25-16-13-19-33-30(25)31(36)37-32)28-21(3)34(6-2)26-17-10-8-14-23(26)28/h8-11,13-19H,5-7,12,20H2,1-4H3. The van der Waals surface area contributed by atoms with E-state index in [-0.39, 0.29) is 5.97 Å². The number of hydrogen-bond acceptors (Lipinski definition) is 3. The van der Waals surface area contributed by atoms with Gasteiger partial charge >= 0.3 is 5.97 Å². The van der Waals surface area contributed by atoms with Gasteiger partial charge < -0.3 is 13.9 Å². The molecule has 1 atom stereocenters. The highest BCUT2D eigenvalue weighted by molar-refractivity contribution is 6.00. The van der Waals surface area contributed by atoms with Crippen molar-refractivity contribution < 1.29 is 9.53 Å². The van der Waals surface area contributed by atoms with Crippen molar-refractivity contribution >= 4 is 27.8 Å². The van der Waals surface area contributed by atoms with Crippen LogP contribution in [0, 0.1) is 13.8 Å². The van der Waals surface area contributed by atoms with Gasteiger partial charge in [-0.1, -0.05) is 62.2 Å². The highest BCUT2D eigenvalue weighted by atomic mass is 16.6. The van der Waals surface area contributed by atoms with Gasteiger partial charge in [0.2, 0.25) is 0 Å². The SMILES string of the molecule is CCCCCn1c(C)c(C2(c3c(C)n(CC)c4ccccc34)OC(=O)c3ncccc32)c2ccccc21. The van der Waals surface area contributed by atoms with E-state index in [1.54, 1.807) is 6.20 Å². The second-order valence-electron chi connectivity index (χ2n) is 10.0. The van der Waals surface area contributed by atoms with Gasteiger partial charge in [0.1, 0.15) is 0 Å². The molecule has 6 rings (SSSR count). The van der Waals surface area contributed by atoms with Crippen molar-refractivity contribution in [1.29, 1.82) is 0 Å². The Bertz CT molecular complexity index is 1660. The van der Waals surface area contributed by atoms with Gasteiger partial charge in [-0.05, 0) is 45.4 Å². The summed E-state index contributed by atoms with van der Waals surface area (Å²) < 4.78 is 11.4. The molecule has 4 heterocycles. The minimum Gasteiger partial charge on any atom is -0.439 e. The van der Waals surface area contributed by atoms with Crippen LogP contribution in [0.1, 0.15) is 71.7 Å². The summed E-state index contributed by atoms with van der Waals surface area (Å²) in [5.41, 5.74) is 6.77. The van der Waals surface area contributed by atoms with Crippen LogP contribution in [0.3, 0.4) is 0 Å². The molecule has 37 heavy (non-hydrogen) atoms. The van der Waals surface area contributed by atoms with Crippen LogP contribution >= 0.6 is 0 Å². The third-order valence-electron chi connectivity index (χ3n) is 8.09. The minimum atomic E-state index is -1.09. The molecule has 2 aromatic carbocycles. The number of esters is 1. The highest BCUT2D eigenvalue weighted by Gasteiger charge is 2.54. The molecule has 5 nitrogen and oxygen atoms in total. The van der Waals surface area contributed by atoms with Crippen LogP contribution in [0.4, 0.5) is 0 Å². The van der Waals surface area contributed by atoms with Crippen molar-refractivity contribution in [3.05, 3.63) is 101 Å². The lowest BCUT2D eigenvalue weighted by molar-refractivity contribution is 0.0253. The molecule has 5 heteroatoms. The normalized spacial score (nSPS) is 17.0. The van der Waals surface area contributed by atoms with Crippen molar-refractivity contribution in [3.8, 4) is 0 Å². The van der Waals surface area contributed by atoms with E-state index in [2.05, 4.69) is 90.3 Å². The fourth-order valence-corrected chi connectivity index (χ4v) is 6.56. The number of aromatic nitrogens is 3. The Morgan fingerprint density at radius 3 is 2.08 bits per heavy atom. The van der Waals surface area contributed by atoms with E-state index in [0.29, 0.717) is 5.69 Å². The molecule has 5 aromatic rings. The Balaban J connectivity index is 1.77. The zero-order valence-corrected chi connectivity index (χ0v) is 22.0. The Kier molecular flexibility index (Phi) is 5.67. The van der Waals surface area contributed by atoms with Gasteiger partial charge in [0.05, 0.1) is 0 Å². The molecule has 0 spiro atoms. The first-order valence-corrected chi connectivity index (χ1v) is 13.4. The lowest BCUT2D eigenvalue weighted by atomic mass is 9.78. The van der Waals surface area contributed by atoms with E-state index in [1.165, 1.54) is 18.4 Å². The Morgan fingerprint density at radius 2 is 1.43 bits per heavy atom. The van der Waals surface area contributed by atoms with Gasteiger partial charge in [-0.2, -0.15) is 0 Å². The van der Waals surface area contributed by atoms with Gasteiger partial charge in [0.25, 0.3) is 0 Å². The predicted octanol–water partition coefficient (Wildman–Crippen LogP) is 7.28. The molecular weight excluding hydrogens is 458 g/mol. The lowest BCUT2D eigenvalue weighted by Crippen LogP contribution is -2.31. The maximum Gasteiger partial charge on any atom is 0.358 e. The van der Waals surface area contributed by atoms with Crippen LogP contribution in [0.2, 0.25) is 0 Å². The summed E-state index contributed by atoms with van der Waals surface area (Å²) in [5.74, 6) is -0.370. The number of nitrogens with zero attached hydrogens (tertiary/aromatic N) is 3. The van der Waals surface area contributed by atoms with E-state index in [1.807, 2.05) is 12.1 Å². The van der Waals surface area contributed by atoms with Crippen LogP contribution in [-0.4, -0.2) is 20.1 Å². The number of unbranched alkanes of at least 4 members (excludes halogenated alkanes) is 2. The number of ether oxygens (including phenoxy) is 1. The summed E-state index contributed by atoms with van der Waals surface area (Å²) in [7, 11) is 0. The number of para-hydroxylation sites is 2. The van der Waals surface area contributed by atoms with Crippen LogP contribution in [0.15, 0.2) is 66.9 Å². The first kappa shape index (κ1) is 23.5. The fourth-order valence-electron chi connectivity index (χ4n) is 6.56. The molecule has 0 radical (unpaired) electrons. The minimum absolute atomic E-state index is 0.370. The van der Waals surface area contributed by atoms with E-state index < -0.39 is 5.60 Å². The number of benzene rings is 2. The summed E-state index contributed by atoms with van der Waals surface area (Å²) in [4.78, 5) is 18.0. The Morgan fingerprint density at radius 1 is 0.811 bits per heavy atom. The first-order valence-electron chi connectivity index (χ1n) is 13.4. The number of carbonyl (C=O) groups excluding carboxylic acids is 1. The summed E-state index contributed by atoms with van der Waals surface area (Å²) >= 11 is 0. The number of aryl methyl sites for hydroxylation is 2. The number of fused-ring (bicyclic) bond motifs is 3. The second kappa shape index (κ2) is 8.91. The van der Waals surface area contributed by atoms with Gasteiger partial charge in [-0.3, -0.25) is 0 Å². The number of pyridine rings is 1. The van der Waals surface area contributed by atoms with Crippen molar-refractivity contribution in [1.82, 2.24) is 14.1 Å². The Labute approximate surface area is 217 Å². The fraction of sp³-hybridized carbons (Fsp3) is 0.312. The molecule has 0 amide bonds. The molecule has 1 unspecified atom stereocenters. The van der Waals surface area contributed by atoms with E-state index in [4.69, 9.17) is 4.74 Å². The Hall–Kier alpha value is -3.86. The van der Waals surface area contributed by atoms with Gasteiger partial charge in [-0.15, -0.1) is 0 Å². The number of hydrogen-bond donors (Lipinski definition) is 0. The maximum absolute atomic E-state index is 13.5. The zero-order chi connectivity index (χ0) is 25.7. The average Bonchev–Trinajstić information content (AvgIpc) is 3.49. The second-order valence-corrected chi connectivity index (χ2v) is 10.0. The quantitative estimate of drug-likeness (QED) is 0.178. The van der Waals surface area contributed by atoms with E-state index >= 15 is 0 Å². The number of rotatable bonds is 7. The largest absolute Gasteiger partial charge is 0.439 e. The summed E-state index contributed by atoms with van der Waals surface area (Å²) in [6.45, 7) is 10.5. The third kappa shape index (κ3) is 3.23. The molecular formula is C32H33N3O2. The predicted molar refractivity (Wildman–Crippen MR) is 148 cm³/mol. The monoisotopic (exact) mass is 491 g/mol. The summed E-state index contributed by atoms with van der Waals surface area (Å²) in [5, 5.41) is 2.22. The molecule has 0 aliphatic carbocycles. The molecule has 0 bridgehead atoms. The molecule has 0 saturated heterocycles. The van der Waals surface area contributed by atoms with Crippen molar-refractivity contribution in [2.75, 3.05) is 0 Å². The van der Waals surface area contributed by atoms with Crippen LogP contribution < -0.4 is 0 Å². The van der Waals surface area contributed by atoms with E-state index in [9.17, 15) is 4.79 Å². The van der Waals surface area contributed by atoms with Crippen LogP contribution in [-0.2, 0) is 23.4 Å². The molecule has 0 N–H and O–H groups in total. The zero-order valence-electron chi connectivity index (χ0n) is 22.0. The molecule has 1 aliphatic rings. The van der Waals surface area contributed by atoms with Gasteiger partial charge in [-0.25, -0.2) is 9.78 Å². The topological polar surface area (TPSA) is 49.0 Å². The van der Waals surface area contributed by atoms with Crippen molar-refractivity contribution in [3.63, 3.8) is 0 Å². The van der Waals surface area contributed by atoms with Gasteiger partial charge in [0, 0.05) is 69.2 Å². The van der Waals surface area contributed by atoms with Crippen LogP contribution in [0.5, 0.6) is 0 Å². The number of carbonyl (C=O) groups is 1. The van der Waals surface area contributed by atoms with Gasteiger partial charge in [0.15, 0.2) is 11.3 Å². The molecule has 1 aliphatic heterocycles. The summed E-state index contributed by atoms with van der Waals surface area (Å²) in [6, 6.07) is 20.9. The maximum atomic E-state index is 13.5. The smallest absolute Gasteiger partial charge is 0.358 e. The average molecular weight is 492 g/mol. The molecule has 3 aromatic heterocycles. The van der Waals surface area contributed by atoms with Crippen molar-refractivity contribution in [2.45, 2.75) is 65.6 Å². The lowest BCUT2D eigenvalue weighted by Gasteiger charge is -2.31. The highest BCUT2D eigenvalue weighted by Crippen LogP contribution is 2.53. The summed E-state index contributed by atoms with van der Waals surface area (Å²) in [6.07, 6.45) is 5.13. The van der Waals surface area contributed by atoms with Crippen molar-refractivity contribution in [2.24, 2.45) is 0 Å². The van der Waals surface area contributed by atoms with E-state index in [0.717, 1.165) is 63.9 Å². The first-order chi connectivity index (χ1) is 18.0. The third-order valence-corrected chi connectivity index (χ3v) is 8.09. The number of cyclic esters (lactones) is 1. The molecule has 0 fully saturated rings. The molecule has 0 saturated carbocycles. The molecule has 188 valence electrons. The van der Waals surface area contributed by atoms with Crippen LogP contribution in [0.25, 0.3) is 21.8 Å².